The normalized spacial score (nSPS) is 19.3. The van der Waals surface area contributed by atoms with Crippen LogP contribution in [0, 0.1) is 11.3 Å². The number of morpholine rings is 1. The summed E-state index contributed by atoms with van der Waals surface area (Å²) in [6, 6.07) is 9.20. The Balaban J connectivity index is 2.20. The van der Waals surface area contributed by atoms with Crippen molar-refractivity contribution in [3.63, 3.8) is 0 Å². The van der Waals surface area contributed by atoms with Gasteiger partial charge in [-0.25, -0.2) is 0 Å². The molecular formula is C14H17N3O2. The number of nitrogens with zero attached hydrogens (tertiary/aromatic N) is 2. The van der Waals surface area contributed by atoms with Gasteiger partial charge in [0, 0.05) is 5.69 Å². The lowest BCUT2D eigenvalue weighted by Gasteiger charge is -2.35. The fraction of sp³-hybridized carbons (Fsp3) is 0.429. The predicted octanol–water partition coefficient (Wildman–Crippen LogP) is 0.900. The minimum absolute atomic E-state index is 0.0305. The number of anilines is 1. The Morgan fingerprint density at radius 2 is 2.21 bits per heavy atom. The zero-order chi connectivity index (χ0) is 13.7. The van der Waals surface area contributed by atoms with Gasteiger partial charge in [0.1, 0.15) is 6.61 Å². The number of hydrogen-bond acceptors (Lipinski definition) is 4. The topological polar surface area (TPSA) is 65.4 Å². The summed E-state index contributed by atoms with van der Waals surface area (Å²) in [6.45, 7) is 1.50. The second kappa shape index (κ2) is 6.32. The first kappa shape index (κ1) is 13.5. The van der Waals surface area contributed by atoms with Gasteiger partial charge in [0.15, 0.2) is 0 Å². The lowest BCUT2D eigenvalue weighted by Crippen LogP contribution is -2.50. The summed E-state index contributed by atoms with van der Waals surface area (Å²) < 4.78 is 5.32. The summed E-state index contributed by atoms with van der Waals surface area (Å²) in [5, 5.41) is 11.9. The van der Waals surface area contributed by atoms with Crippen LogP contribution in [0.2, 0.25) is 0 Å². The molecule has 1 amide bonds. The van der Waals surface area contributed by atoms with E-state index in [0.29, 0.717) is 12.2 Å². The van der Waals surface area contributed by atoms with Crippen molar-refractivity contribution >= 4 is 11.6 Å². The largest absolute Gasteiger partial charge is 0.369 e. The molecule has 0 aliphatic carbocycles. The molecule has 2 rings (SSSR count). The molecule has 1 N–H and O–H groups in total. The highest BCUT2D eigenvalue weighted by Crippen LogP contribution is 2.22. The van der Waals surface area contributed by atoms with E-state index in [2.05, 4.69) is 11.4 Å². The van der Waals surface area contributed by atoms with E-state index in [4.69, 9.17) is 10.00 Å². The van der Waals surface area contributed by atoms with Crippen molar-refractivity contribution in [3.8, 4) is 6.07 Å². The smallest absolute Gasteiger partial charge is 0.253 e. The summed E-state index contributed by atoms with van der Waals surface area (Å²) in [5.74, 6) is -0.0305. The average Bonchev–Trinajstić information content (AvgIpc) is 2.45. The molecule has 0 bridgehead atoms. The highest BCUT2D eigenvalue weighted by Gasteiger charge is 2.29. The number of benzene rings is 1. The molecule has 1 aromatic rings. The Kier molecular flexibility index (Phi) is 4.50. The Labute approximate surface area is 112 Å². The van der Waals surface area contributed by atoms with Gasteiger partial charge in [-0.05, 0) is 44.3 Å². The van der Waals surface area contributed by atoms with Crippen molar-refractivity contribution in [2.75, 3.05) is 31.7 Å². The third kappa shape index (κ3) is 3.11. The van der Waals surface area contributed by atoms with Gasteiger partial charge in [0.2, 0.25) is 0 Å². The minimum atomic E-state index is -0.0305. The van der Waals surface area contributed by atoms with Crippen LogP contribution in [0.4, 0.5) is 5.69 Å². The van der Waals surface area contributed by atoms with Crippen molar-refractivity contribution < 1.29 is 9.53 Å². The van der Waals surface area contributed by atoms with E-state index in [1.54, 1.807) is 17.0 Å². The number of carbonyl (C=O) groups is 1. The van der Waals surface area contributed by atoms with Crippen LogP contribution in [0.25, 0.3) is 0 Å². The van der Waals surface area contributed by atoms with Crippen molar-refractivity contribution in [3.05, 3.63) is 29.8 Å². The maximum Gasteiger partial charge on any atom is 0.253 e. The number of rotatable bonds is 4. The van der Waals surface area contributed by atoms with E-state index in [0.717, 1.165) is 18.7 Å². The number of ether oxygens (including phenoxy) is 1. The van der Waals surface area contributed by atoms with Gasteiger partial charge >= 0.3 is 0 Å². The third-order valence-electron chi connectivity index (χ3n) is 3.17. The third-order valence-corrected chi connectivity index (χ3v) is 3.17. The van der Waals surface area contributed by atoms with Crippen molar-refractivity contribution in [2.45, 2.75) is 12.5 Å². The van der Waals surface area contributed by atoms with Crippen LogP contribution in [-0.2, 0) is 9.53 Å². The van der Waals surface area contributed by atoms with Crippen molar-refractivity contribution in [1.82, 2.24) is 5.32 Å². The summed E-state index contributed by atoms with van der Waals surface area (Å²) in [5.41, 5.74) is 1.42. The van der Waals surface area contributed by atoms with Gasteiger partial charge in [-0.2, -0.15) is 5.26 Å². The van der Waals surface area contributed by atoms with Gasteiger partial charge < -0.3 is 15.0 Å². The fourth-order valence-corrected chi connectivity index (χ4v) is 2.20. The molecule has 0 saturated carbocycles. The van der Waals surface area contributed by atoms with E-state index >= 15 is 0 Å². The first-order valence-corrected chi connectivity index (χ1v) is 6.31. The van der Waals surface area contributed by atoms with Crippen LogP contribution in [0.3, 0.4) is 0 Å². The molecule has 5 heteroatoms. The van der Waals surface area contributed by atoms with Crippen molar-refractivity contribution in [1.29, 1.82) is 5.26 Å². The van der Waals surface area contributed by atoms with E-state index in [1.165, 1.54) is 0 Å². The zero-order valence-corrected chi connectivity index (χ0v) is 10.9. The molecule has 0 aromatic heterocycles. The second-order valence-corrected chi connectivity index (χ2v) is 4.48. The summed E-state index contributed by atoms with van der Waals surface area (Å²) >= 11 is 0. The molecular weight excluding hydrogens is 242 g/mol. The first-order chi connectivity index (χ1) is 9.26. The molecule has 1 unspecified atom stereocenters. The highest BCUT2D eigenvalue weighted by molar-refractivity contribution is 5.95. The molecule has 1 aliphatic heterocycles. The molecule has 1 atom stereocenters. The number of hydrogen-bond donors (Lipinski definition) is 1. The molecule has 5 nitrogen and oxygen atoms in total. The number of nitriles is 1. The lowest BCUT2D eigenvalue weighted by molar-refractivity contribution is -0.127. The number of carbonyl (C=O) groups excluding carboxylic acids is 1. The van der Waals surface area contributed by atoms with Crippen LogP contribution in [0.15, 0.2) is 24.3 Å². The van der Waals surface area contributed by atoms with Gasteiger partial charge in [-0.15, -0.1) is 0 Å². The SMILES string of the molecule is CNCCC1COCC(=O)N1c1ccc(C#N)cc1. The Morgan fingerprint density at radius 1 is 1.47 bits per heavy atom. The van der Waals surface area contributed by atoms with E-state index in [-0.39, 0.29) is 18.6 Å². The van der Waals surface area contributed by atoms with Gasteiger partial charge in [0.25, 0.3) is 5.91 Å². The maximum atomic E-state index is 12.0. The standard InChI is InChI=1S/C14H17N3O2/c1-16-7-6-13-9-19-10-14(18)17(13)12-4-2-11(8-15)3-5-12/h2-5,13,16H,6-7,9-10H2,1H3. The molecule has 0 spiro atoms. The predicted molar refractivity (Wildman–Crippen MR) is 71.8 cm³/mol. The van der Waals surface area contributed by atoms with Gasteiger partial charge in [-0.1, -0.05) is 0 Å². The Bertz CT molecular complexity index is 478. The zero-order valence-electron chi connectivity index (χ0n) is 10.9. The van der Waals surface area contributed by atoms with Crippen molar-refractivity contribution in [2.24, 2.45) is 0 Å². The van der Waals surface area contributed by atoms with E-state index in [1.807, 2.05) is 19.2 Å². The molecule has 1 aliphatic rings. The number of nitrogens with one attached hydrogen (secondary N) is 1. The first-order valence-electron chi connectivity index (χ1n) is 6.31. The second-order valence-electron chi connectivity index (χ2n) is 4.48. The summed E-state index contributed by atoms with van der Waals surface area (Å²) in [6.07, 6.45) is 0.836. The van der Waals surface area contributed by atoms with Crippen LogP contribution in [0.5, 0.6) is 0 Å². The molecule has 1 saturated heterocycles. The van der Waals surface area contributed by atoms with Gasteiger partial charge in [0.05, 0.1) is 24.3 Å². The molecule has 1 fully saturated rings. The summed E-state index contributed by atoms with van der Waals surface area (Å²) in [4.78, 5) is 13.8. The van der Waals surface area contributed by atoms with E-state index < -0.39 is 0 Å². The highest BCUT2D eigenvalue weighted by atomic mass is 16.5. The molecule has 19 heavy (non-hydrogen) atoms. The lowest BCUT2D eigenvalue weighted by atomic mass is 10.1. The van der Waals surface area contributed by atoms with Crippen LogP contribution in [0.1, 0.15) is 12.0 Å². The molecule has 1 aromatic carbocycles. The molecule has 1 heterocycles. The summed E-state index contributed by atoms with van der Waals surface area (Å²) in [7, 11) is 1.89. The maximum absolute atomic E-state index is 12.0. The van der Waals surface area contributed by atoms with Crippen LogP contribution >= 0.6 is 0 Å². The fourth-order valence-electron chi connectivity index (χ4n) is 2.20. The minimum Gasteiger partial charge on any atom is -0.369 e. The Hall–Kier alpha value is -1.90. The number of amides is 1. The monoisotopic (exact) mass is 259 g/mol. The molecule has 0 radical (unpaired) electrons. The Morgan fingerprint density at radius 3 is 2.84 bits per heavy atom. The van der Waals surface area contributed by atoms with E-state index in [9.17, 15) is 4.79 Å². The van der Waals surface area contributed by atoms with Gasteiger partial charge in [-0.3, -0.25) is 4.79 Å². The van der Waals surface area contributed by atoms with Crippen LogP contribution in [-0.4, -0.2) is 38.8 Å². The van der Waals surface area contributed by atoms with Crippen LogP contribution < -0.4 is 10.2 Å². The average molecular weight is 259 g/mol. The molecule has 100 valence electrons. The quantitative estimate of drug-likeness (QED) is 0.872.